The van der Waals surface area contributed by atoms with Crippen molar-refractivity contribution in [2.75, 3.05) is 0 Å². The molecule has 3 nitrogen and oxygen atoms in total. The second-order valence-corrected chi connectivity index (χ2v) is 4.15. The summed E-state index contributed by atoms with van der Waals surface area (Å²) < 4.78 is 0.804. The molecule has 0 N–H and O–H groups in total. The van der Waals surface area contributed by atoms with E-state index < -0.39 is 0 Å². The number of ketones is 1. The fourth-order valence-electron chi connectivity index (χ4n) is 0.998. The molecule has 2 rings (SSSR count). The number of carbonyl (C=O) groups is 1. The van der Waals surface area contributed by atoms with Crippen molar-refractivity contribution in [3.63, 3.8) is 0 Å². The molecular formula is C9H5BrN2OS. The third-order valence-corrected chi connectivity index (χ3v) is 3.36. The molecular weight excluding hydrogens is 264 g/mol. The quantitative estimate of drug-likeness (QED) is 0.787. The smallest absolute Gasteiger partial charge is 0.214 e. The normalized spacial score (nSPS) is 10.1. The van der Waals surface area contributed by atoms with E-state index in [2.05, 4.69) is 25.9 Å². The molecule has 5 heteroatoms. The molecule has 0 aliphatic heterocycles. The molecule has 0 bridgehead atoms. The maximum absolute atomic E-state index is 11.8. The topological polar surface area (TPSA) is 42.9 Å². The van der Waals surface area contributed by atoms with Crippen LogP contribution in [0.25, 0.3) is 0 Å². The van der Waals surface area contributed by atoms with Crippen LogP contribution in [0.3, 0.4) is 0 Å². The van der Waals surface area contributed by atoms with Crippen LogP contribution in [0.4, 0.5) is 0 Å². The highest BCUT2D eigenvalue weighted by molar-refractivity contribution is 9.10. The van der Waals surface area contributed by atoms with Crippen molar-refractivity contribution in [3.05, 3.63) is 45.1 Å². The Hall–Kier alpha value is -1.07. The van der Waals surface area contributed by atoms with Crippen LogP contribution in [0.2, 0.25) is 0 Å². The summed E-state index contributed by atoms with van der Waals surface area (Å²) in [7, 11) is 0. The van der Waals surface area contributed by atoms with Gasteiger partial charge in [-0.15, -0.1) is 0 Å². The summed E-state index contributed by atoms with van der Waals surface area (Å²) in [6.07, 6.45) is 4.51. The highest BCUT2D eigenvalue weighted by Gasteiger charge is 2.14. The molecule has 70 valence electrons. The number of thiophene rings is 1. The number of aromatic nitrogens is 2. The Labute approximate surface area is 93.0 Å². The molecule has 0 aliphatic carbocycles. The summed E-state index contributed by atoms with van der Waals surface area (Å²) in [5.41, 5.74) is 1.00. The van der Waals surface area contributed by atoms with E-state index >= 15 is 0 Å². The Morgan fingerprint density at radius 1 is 1.36 bits per heavy atom. The molecule has 0 unspecified atom stereocenters. The molecule has 0 aliphatic rings. The molecule has 2 aromatic heterocycles. The second kappa shape index (κ2) is 3.98. The fourth-order valence-corrected chi connectivity index (χ4v) is 2.45. The predicted molar refractivity (Wildman–Crippen MR) is 57.5 cm³/mol. The number of hydrogen-bond acceptors (Lipinski definition) is 4. The van der Waals surface area contributed by atoms with Gasteiger partial charge in [0.2, 0.25) is 5.78 Å². The number of carbonyl (C=O) groups excluding carboxylic acids is 1. The van der Waals surface area contributed by atoms with Gasteiger partial charge >= 0.3 is 0 Å². The van der Waals surface area contributed by atoms with Gasteiger partial charge in [-0.3, -0.25) is 9.78 Å². The van der Waals surface area contributed by atoms with Crippen LogP contribution in [-0.2, 0) is 0 Å². The van der Waals surface area contributed by atoms with Gasteiger partial charge in [0.15, 0.2) is 0 Å². The van der Waals surface area contributed by atoms with Gasteiger partial charge in [0, 0.05) is 33.2 Å². The Balaban J connectivity index is 2.39. The van der Waals surface area contributed by atoms with Crippen molar-refractivity contribution in [1.29, 1.82) is 0 Å². The second-order valence-electron chi connectivity index (χ2n) is 2.55. The molecule has 0 saturated heterocycles. The van der Waals surface area contributed by atoms with Crippen molar-refractivity contribution in [2.45, 2.75) is 0 Å². The minimum Gasteiger partial charge on any atom is -0.287 e. The Kier molecular flexibility index (Phi) is 2.69. The molecule has 0 radical (unpaired) electrons. The van der Waals surface area contributed by atoms with E-state index in [1.54, 1.807) is 11.6 Å². The van der Waals surface area contributed by atoms with Crippen molar-refractivity contribution < 1.29 is 4.79 Å². The number of hydrogen-bond donors (Lipinski definition) is 0. The Bertz CT molecular complexity index is 455. The van der Waals surface area contributed by atoms with E-state index in [1.165, 1.54) is 23.7 Å². The van der Waals surface area contributed by atoms with Crippen LogP contribution in [0.5, 0.6) is 0 Å². The summed E-state index contributed by atoms with van der Waals surface area (Å²) >= 11 is 4.78. The van der Waals surface area contributed by atoms with E-state index in [9.17, 15) is 4.79 Å². The highest BCUT2D eigenvalue weighted by Crippen LogP contribution is 2.23. The van der Waals surface area contributed by atoms with Crippen molar-refractivity contribution in [1.82, 2.24) is 9.97 Å². The zero-order chi connectivity index (χ0) is 9.97. The van der Waals surface area contributed by atoms with Crippen LogP contribution in [0, 0.1) is 0 Å². The standard InChI is InChI=1S/C9H5BrN2OS/c10-7-5-14-4-6(7)9(13)8-3-11-1-2-12-8/h1-5H. The molecule has 0 fully saturated rings. The first kappa shape index (κ1) is 9.48. The van der Waals surface area contributed by atoms with Crippen LogP contribution in [0.1, 0.15) is 16.1 Å². The molecule has 14 heavy (non-hydrogen) atoms. The van der Waals surface area contributed by atoms with Gasteiger partial charge in [0.05, 0.1) is 6.20 Å². The van der Waals surface area contributed by atoms with Crippen LogP contribution in [0.15, 0.2) is 33.8 Å². The molecule has 0 spiro atoms. The predicted octanol–water partition coefficient (Wildman–Crippen LogP) is 2.53. The minimum absolute atomic E-state index is 0.105. The maximum Gasteiger partial charge on any atom is 0.214 e. The summed E-state index contributed by atoms with van der Waals surface area (Å²) in [4.78, 5) is 19.6. The van der Waals surface area contributed by atoms with Gasteiger partial charge in [-0.25, -0.2) is 4.98 Å². The van der Waals surface area contributed by atoms with Gasteiger partial charge in [0.25, 0.3) is 0 Å². The van der Waals surface area contributed by atoms with E-state index in [0.29, 0.717) is 11.3 Å². The first-order valence-corrected chi connectivity index (χ1v) is 5.55. The monoisotopic (exact) mass is 268 g/mol. The molecule has 2 aromatic rings. The van der Waals surface area contributed by atoms with Crippen molar-refractivity contribution in [3.8, 4) is 0 Å². The Morgan fingerprint density at radius 3 is 2.79 bits per heavy atom. The van der Waals surface area contributed by atoms with Crippen LogP contribution in [-0.4, -0.2) is 15.8 Å². The highest BCUT2D eigenvalue weighted by atomic mass is 79.9. The van der Waals surface area contributed by atoms with E-state index in [0.717, 1.165) is 4.47 Å². The SMILES string of the molecule is O=C(c1cnccn1)c1cscc1Br. The van der Waals surface area contributed by atoms with Crippen LogP contribution < -0.4 is 0 Å². The number of nitrogens with zero attached hydrogens (tertiary/aromatic N) is 2. The van der Waals surface area contributed by atoms with Crippen molar-refractivity contribution >= 4 is 33.0 Å². The minimum atomic E-state index is -0.105. The first-order valence-electron chi connectivity index (χ1n) is 3.81. The average Bonchev–Trinajstić information content (AvgIpc) is 2.65. The summed E-state index contributed by atoms with van der Waals surface area (Å²) in [5, 5.41) is 3.66. The summed E-state index contributed by atoms with van der Waals surface area (Å²) in [5.74, 6) is -0.105. The zero-order valence-electron chi connectivity index (χ0n) is 6.98. The number of rotatable bonds is 2. The molecule has 0 amide bonds. The lowest BCUT2D eigenvalue weighted by molar-refractivity contribution is 0.103. The zero-order valence-corrected chi connectivity index (χ0v) is 9.38. The van der Waals surface area contributed by atoms with Gasteiger partial charge < -0.3 is 0 Å². The van der Waals surface area contributed by atoms with Gasteiger partial charge in [0.1, 0.15) is 5.69 Å². The van der Waals surface area contributed by atoms with Gasteiger partial charge in [-0.1, -0.05) is 0 Å². The van der Waals surface area contributed by atoms with Crippen molar-refractivity contribution in [2.24, 2.45) is 0 Å². The third-order valence-electron chi connectivity index (χ3n) is 1.66. The lowest BCUT2D eigenvalue weighted by Gasteiger charge is -1.96. The molecule has 2 heterocycles. The van der Waals surface area contributed by atoms with E-state index in [-0.39, 0.29) is 5.78 Å². The number of halogens is 1. The molecule has 0 atom stereocenters. The van der Waals surface area contributed by atoms with Crippen LogP contribution >= 0.6 is 27.3 Å². The Morgan fingerprint density at radius 2 is 2.21 bits per heavy atom. The van der Waals surface area contributed by atoms with E-state index in [1.807, 2.05) is 5.38 Å². The molecule has 0 aromatic carbocycles. The first-order chi connectivity index (χ1) is 6.79. The average molecular weight is 269 g/mol. The molecule has 0 saturated carbocycles. The van der Waals surface area contributed by atoms with Gasteiger partial charge in [-0.05, 0) is 15.9 Å². The third kappa shape index (κ3) is 1.73. The largest absolute Gasteiger partial charge is 0.287 e. The lowest BCUT2D eigenvalue weighted by atomic mass is 10.2. The van der Waals surface area contributed by atoms with E-state index in [4.69, 9.17) is 0 Å². The summed E-state index contributed by atoms with van der Waals surface area (Å²) in [6, 6.07) is 0. The lowest BCUT2D eigenvalue weighted by Crippen LogP contribution is -2.03. The summed E-state index contributed by atoms with van der Waals surface area (Å²) in [6.45, 7) is 0. The maximum atomic E-state index is 11.8. The fraction of sp³-hybridized carbons (Fsp3) is 0. The van der Waals surface area contributed by atoms with Gasteiger partial charge in [-0.2, -0.15) is 11.3 Å².